The summed E-state index contributed by atoms with van der Waals surface area (Å²) in [5, 5.41) is 9.56. The summed E-state index contributed by atoms with van der Waals surface area (Å²) in [4.78, 5) is 0. The molecule has 1 aromatic rings. The van der Waals surface area contributed by atoms with E-state index in [-0.39, 0.29) is 0 Å². The smallest absolute Gasteiger partial charge is 0.119 e. The Balaban J connectivity index is 2.57. The molecule has 0 amide bonds. The van der Waals surface area contributed by atoms with Gasteiger partial charge in [0.1, 0.15) is 5.75 Å². The van der Waals surface area contributed by atoms with Gasteiger partial charge in [-0.3, -0.25) is 0 Å². The van der Waals surface area contributed by atoms with Gasteiger partial charge >= 0.3 is 0 Å². The third-order valence-corrected chi connectivity index (χ3v) is 3.20. The summed E-state index contributed by atoms with van der Waals surface area (Å²) < 4.78 is 1.15. The van der Waals surface area contributed by atoms with Crippen molar-refractivity contribution in [2.75, 3.05) is 0 Å². The van der Waals surface area contributed by atoms with Gasteiger partial charge in [-0.15, -0.1) is 0 Å². The molecule has 0 unspecified atom stereocenters. The maximum atomic E-state index is 9.56. The van der Waals surface area contributed by atoms with Gasteiger partial charge in [-0.05, 0) is 48.9 Å². The number of benzene rings is 1. The standard InChI is InChI=1S/C10H11BrO/c11-9-5-6-10(12)8-4-2-1-3-7(8)9/h5-6,12H,1-4H2. The van der Waals surface area contributed by atoms with Crippen LogP contribution in [0, 0.1) is 0 Å². The Labute approximate surface area is 80.5 Å². The van der Waals surface area contributed by atoms with Gasteiger partial charge in [-0.2, -0.15) is 0 Å². The first-order valence-corrected chi connectivity index (χ1v) is 5.07. The fourth-order valence-corrected chi connectivity index (χ4v) is 2.37. The lowest BCUT2D eigenvalue weighted by Crippen LogP contribution is -2.03. The molecule has 1 aromatic carbocycles. The normalized spacial score (nSPS) is 15.8. The van der Waals surface area contributed by atoms with Crippen LogP contribution < -0.4 is 0 Å². The fourth-order valence-electron chi connectivity index (χ4n) is 1.80. The molecule has 1 aliphatic carbocycles. The number of aromatic hydroxyl groups is 1. The molecule has 0 heterocycles. The summed E-state index contributed by atoms with van der Waals surface area (Å²) in [6.45, 7) is 0. The van der Waals surface area contributed by atoms with Crippen LogP contribution in [0.15, 0.2) is 16.6 Å². The predicted octanol–water partition coefficient (Wildman–Crippen LogP) is 3.03. The third kappa shape index (κ3) is 1.24. The van der Waals surface area contributed by atoms with Gasteiger partial charge in [-0.1, -0.05) is 15.9 Å². The van der Waals surface area contributed by atoms with E-state index in [1.807, 2.05) is 6.07 Å². The van der Waals surface area contributed by atoms with E-state index < -0.39 is 0 Å². The lowest BCUT2D eigenvalue weighted by Gasteiger charge is -2.17. The molecule has 0 aliphatic heterocycles. The maximum absolute atomic E-state index is 9.56. The lowest BCUT2D eigenvalue weighted by molar-refractivity contribution is 0.461. The van der Waals surface area contributed by atoms with Crippen molar-refractivity contribution in [1.29, 1.82) is 0 Å². The Morgan fingerprint density at radius 3 is 2.42 bits per heavy atom. The highest BCUT2D eigenvalue weighted by atomic mass is 79.9. The molecule has 0 saturated carbocycles. The average molecular weight is 227 g/mol. The van der Waals surface area contributed by atoms with E-state index in [0.29, 0.717) is 5.75 Å². The maximum Gasteiger partial charge on any atom is 0.119 e. The van der Waals surface area contributed by atoms with Gasteiger partial charge in [0.25, 0.3) is 0 Å². The Hall–Kier alpha value is -0.500. The number of fused-ring (bicyclic) bond motifs is 1. The van der Waals surface area contributed by atoms with Crippen LogP contribution in [0.4, 0.5) is 0 Å². The Kier molecular flexibility index (Phi) is 2.09. The molecule has 12 heavy (non-hydrogen) atoms. The number of phenolic OH excluding ortho intramolecular Hbond substituents is 1. The zero-order valence-electron chi connectivity index (χ0n) is 6.81. The van der Waals surface area contributed by atoms with Crippen LogP contribution in [-0.2, 0) is 12.8 Å². The van der Waals surface area contributed by atoms with E-state index in [4.69, 9.17) is 0 Å². The van der Waals surface area contributed by atoms with Crippen LogP contribution in [0.25, 0.3) is 0 Å². The number of halogens is 1. The summed E-state index contributed by atoms with van der Waals surface area (Å²) in [5.74, 6) is 0.466. The van der Waals surface area contributed by atoms with E-state index in [2.05, 4.69) is 15.9 Å². The van der Waals surface area contributed by atoms with Crippen LogP contribution in [0.3, 0.4) is 0 Å². The van der Waals surface area contributed by atoms with Crippen LogP contribution in [-0.4, -0.2) is 5.11 Å². The molecule has 1 N–H and O–H groups in total. The molecule has 1 aliphatic rings. The van der Waals surface area contributed by atoms with E-state index in [1.165, 1.54) is 18.4 Å². The van der Waals surface area contributed by atoms with Crippen LogP contribution in [0.5, 0.6) is 5.75 Å². The molecule has 64 valence electrons. The largest absolute Gasteiger partial charge is 0.508 e. The van der Waals surface area contributed by atoms with Gasteiger partial charge < -0.3 is 5.11 Å². The summed E-state index contributed by atoms with van der Waals surface area (Å²) >= 11 is 3.51. The molecule has 2 rings (SSSR count). The van der Waals surface area contributed by atoms with E-state index >= 15 is 0 Å². The first-order chi connectivity index (χ1) is 5.79. The molecule has 2 heteroatoms. The monoisotopic (exact) mass is 226 g/mol. The van der Waals surface area contributed by atoms with Gasteiger partial charge in [-0.25, -0.2) is 0 Å². The Morgan fingerprint density at radius 2 is 1.75 bits per heavy atom. The first kappa shape index (κ1) is 8.11. The summed E-state index contributed by atoms with van der Waals surface area (Å²) in [6, 6.07) is 3.70. The van der Waals surface area contributed by atoms with E-state index in [9.17, 15) is 5.11 Å². The summed E-state index contributed by atoms with van der Waals surface area (Å²) in [5.41, 5.74) is 2.46. The van der Waals surface area contributed by atoms with Crippen molar-refractivity contribution in [1.82, 2.24) is 0 Å². The van der Waals surface area contributed by atoms with Gasteiger partial charge in [0.05, 0.1) is 0 Å². The topological polar surface area (TPSA) is 20.2 Å². The average Bonchev–Trinajstić information content (AvgIpc) is 2.12. The van der Waals surface area contributed by atoms with Crippen molar-refractivity contribution in [3.63, 3.8) is 0 Å². The molecule has 0 spiro atoms. The second-order valence-electron chi connectivity index (χ2n) is 3.23. The lowest BCUT2D eigenvalue weighted by atomic mass is 9.91. The molecule has 0 fully saturated rings. The molecular weight excluding hydrogens is 216 g/mol. The number of hydrogen-bond acceptors (Lipinski definition) is 1. The molecular formula is C10H11BrO. The zero-order valence-corrected chi connectivity index (χ0v) is 8.39. The third-order valence-electron chi connectivity index (χ3n) is 2.45. The summed E-state index contributed by atoms with van der Waals surface area (Å²) in [6.07, 6.45) is 4.58. The fraction of sp³-hybridized carbons (Fsp3) is 0.400. The van der Waals surface area contributed by atoms with E-state index in [0.717, 1.165) is 22.9 Å². The highest BCUT2D eigenvalue weighted by Gasteiger charge is 2.14. The predicted molar refractivity (Wildman–Crippen MR) is 52.4 cm³/mol. The van der Waals surface area contributed by atoms with Crippen molar-refractivity contribution < 1.29 is 5.11 Å². The van der Waals surface area contributed by atoms with E-state index in [1.54, 1.807) is 6.07 Å². The number of rotatable bonds is 0. The van der Waals surface area contributed by atoms with Crippen molar-refractivity contribution in [3.05, 3.63) is 27.7 Å². The molecule has 0 atom stereocenters. The second kappa shape index (κ2) is 3.09. The number of hydrogen-bond donors (Lipinski definition) is 1. The molecule has 0 radical (unpaired) electrons. The SMILES string of the molecule is Oc1ccc(Br)c2c1CCCC2. The van der Waals surface area contributed by atoms with Gasteiger partial charge in [0.2, 0.25) is 0 Å². The van der Waals surface area contributed by atoms with Gasteiger partial charge in [0.15, 0.2) is 0 Å². The minimum absolute atomic E-state index is 0.466. The quantitative estimate of drug-likeness (QED) is 0.722. The minimum atomic E-state index is 0.466. The molecule has 0 saturated heterocycles. The Bertz CT molecular complexity index is 276. The summed E-state index contributed by atoms with van der Waals surface area (Å²) in [7, 11) is 0. The second-order valence-corrected chi connectivity index (χ2v) is 4.09. The van der Waals surface area contributed by atoms with Crippen LogP contribution >= 0.6 is 15.9 Å². The van der Waals surface area contributed by atoms with Crippen molar-refractivity contribution in [3.8, 4) is 5.75 Å². The van der Waals surface area contributed by atoms with Crippen LogP contribution in [0.2, 0.25) is 0 Å². The van der Waals surface area contributed by atoms with Crippen molar-refractivity contribution >= 4 is 15.9 Å². The van der Waals surface area contributed by atoms with Crippen LogP contribution in [0.1, 0.15) is 24.0 Å². The molecule has 0 aromatic heterocycles. The van der Waals surface area contributed by atoms with Gasteiger partial charge in [0, 0.05) is 4.47 Å². The minimum Gasteiger partial charge on any atom is -0.508 e. The molecule has 0 bridgehead atoms. The number of phenols is 1. The highest BCUT2D eigenvalue weighted by Crippen LogP contribution is 2.33. The van der Waals surface area contributed by atoms with Crippen molar-refractivity contribution in [2.24, 2.45) is 0 Å². The first-order valence-electron chi connectivity index (χ1n) is 4.28. The highest BCUT2D eigenvalue weighted by molar-refractivity contribution is 9.10. The molecule has 1 nitrogen and oxygen atoms in total. The zero-order chi connectivity index (χ0) is 8.55. The Morgan fingerprint density at radius 1 is 1.08 bits per heavy atom. The van der Waals surface area contributed by atoms with Crippen molar-refractivity contribution in [2.45, 2.75) is 25.7 Å².